The molecule has 0 aliphatic heterocycles. The molecule has 0 bridgehead atoms. The second-order valence-electron chi connectivity index (χ2n) is 6.28. The number of rotatable bonds is 5. The van der Waals surface area contributed by atoms with Gasteiger partial charge in [-0.1, -0.05) is 31.1 Å². The van der Waals surface area contributed by atoms with E-state index in [0.717, 1.165) is 37.0 Å². The molecule has 9 heteroatoms. The van der Waals surface area contributed by atoms with Crippen molar-refractivity contribution in [3.05, 3.63) is 20.7 Å². The molecule has 1 aromatic heterocycles. The van der Waals surface area contributed by atoms with Crippen LogP contribution in [0.3, 0.4) is 0 Å². The lowest BCUT2D eigenvalue weighted by Crippen LogP contribution is -2.48. The highest BCUT2D eigenvalue weighted by Crippen LogP contribution is 2.23. The van der Waals surface area contributed by atoms with Gasteiger partial charge < -0.3 is 10.1 Å². The monoisotopic (exact) mass is 369 g/mol. The fourth-order valence-corrected chi connectivity index (χ4v) is 3.55. The number of aryl methyl sites for hydroxylation is 1. The number of carbonyl (C=O) groups is 3. The molecule has 1 heterocycles. The fourth-order valence-electron chi connectivity index (χ4n) is 2.81. The van der Waals surface area contributed by atoms with Gasteiger partial charge in [-0.3, -0.25) is 24.3 Å². The maximum Gasteiger partial charge on any atom is 0.326 e. The summed E-state index contributed by atoms with van der Waals surface area (Å²) >= 11 is 0.990. The van der Waals surface area contributed by atoms with Crippen LogP contribution < -0.4 is 15.5 Å². The van der Waals surface area contributed by atoms with E-state index in [1.165, 1.54) is 4.57 Å². The van der Waals surface area contributed by atoms with Gasteiger partial charge in [-0.15, -0.1) is 0 Å². The summed E-state index contributed by atoms with van der Waals surface area (Å²) in [7, 11) is 0. The molecule has 1 aromatic rings. The number of carbonyl (C=O) groups excluding carboxylic acids is 3. The topological polar surface area (TPSA) is 106 Å². The minimum absolute atomic E-state index is 0.0533. The van der Waals surface area contributed by atoms with Gasteiger partial charge in [-0.05, 0) is 25.7 Å². The van der Waals surface area contributed by atoms with Gasteiger partial charge in [-0.25, -0.2) is 4.79 Å². The van der Waals surface area contributed by atoms with E-state index >= 15 is 0 Å². The van der Waals surface area contributed by atoms with Crippen LogP contribution in [0.1, 0.15) is 38.3 Å². The molecule has 0 aromatic carbocycles. The van der Waals surface area contributed by atoms with Gasteiger partial charge in [0.15, 0.2) is 6.61 Å². The molecule has 0 radical (unpaired) electrons. The number of aromatic nitrogens is 1. The van der Waals surface area contributed by atoms with E-state index in [4.69, 9.17) is 4.74 Å². The quantitative estimate of drug-likeness (QED) is 0.758. The minimum atomic E-state index is -0.708. The van der Waals surface area contributed by atoms with Crippen LogP contribution in [0.5, 0.6) is 0 Å². The van der Waals surface area contributed by atoms with Crippen LogP contribution in [-0.2, 0) is 20.9 Å². The van der Waals surface area contributed by atoms with Gasteiger partial charge in [0.25, 0.3) is 5.91 Å². The van der Waals surface area contributed by atoms with Crippen molar-refractivity contribution in [2.24, 2.45) is 5.92 Å². The molecule has 138 valence electrons. The summed E-state index contributed by atoms with van der Waals surface area (Å²) in [6, 6.07) is -0.526. The van der Waals surface area contributed by atoms with E-state index in [0.29, 0.717) is 11.6 Å². The Balaban J connectivity index is 1.71. The maximum absolute atomic E-state index is 11.8. The summed E-state index contributed by atoms with van der Waals surface area (Å²) in [5.41, 5.74) is 0.650. The van der Waals surface area contributed by atoms with Crippen LogP contribution in [0.4, 0.5) is 4.79 Å². The Morgan fingerprint density at radius 2 is 2.04 bits per heavy atom. The van der Waals surface area contributed by atoms with Gasteiger partial charge >= 0.3 is 16.9 Å². The Morgan fingerprint density at radius 1 is 1.32 bits per heavy atom. The number of esters is 1. The third kappa shape index (κ3) is 5.70. The standard InChI is InChI=1S/C16H23N3O5S/c1-10-5-3-4-6-12(10)17-15(22)18-13(20)8-24-14(21)7-19-11(2)9-25-16(19)23/h9-10,12H,3-8H2,1-2H3,(H2,17,18,20,22)/t10-,12+/m0/s1. The van der Waals surface area contributed by atoms with E-state index in [1.54, 1.807) is 12.3 Å². The molecule has 1 fully saturated rings. The van der Waals surface area contributed by atoms with Crippen LogP contribution >= 0.6 is 11.3 Å². The molecule has 2 N–H and O–H groups in total. The summed E-state index contributed by atoms with van der Waals surface area (Å²) in [6.07, 6.45) is 4.16. The Morgan fingerprint density at radius 3 is 2.68 bits per heavy atom. The molecule has 0 unspecified atom stereocenters. The van der Waals surface area contributed by atoms with Crippen LogP contribution in [0.25, 0.3) is 0 Å². The van der Waals surface area contributed by atoms with E-state index in [1.807, 2.05) is 0 Å². The average molecular weight is 369 g/mol. The van der Waals surface area contributed by atoms with Crippen molar-refractivity contribution in [1.29, 1.82) is 0 Å². The molecule has 8 nitrogen and oxygen atoms in total. The van der Waals surface area contributed by atoms with Crippen molar-refractivity contribution >= 4 is 29.2 Å². The van der Waals surface area contributed by atoms with Crippen molar-refractivity contribution in [2.75, 3.05) is 6.61 Å². The number of nitrogens with one attached hydrogen (secondary N) is 2. The number of thiazole rings is 1. The predicted molar refractivity (Wildman–Crippen MR) is 92.4 cm³/mol. The van der Waals surface area contributed by atoms with Gasteiger partial charge in [-0.2, -0.15) is 0 Å². The average Bonchev–Trinajstić information content (AvgIpc) is 2.87. The molecule has 1 saturated carbocycles. The Labute approximate surface area is 149 Å². The number of hydrogen-bond donors (Lipinski definition) is 2. The number of imide groups is 1. The van der Waals surface area contributed by atoms with Crippen LogP contribution in [0.2, 0.25) is 0 Å². The molecule has 0 saturated heterocycles. The van der Waals surface area contributed by atoms with Crippen molar-refractivity contribution in [3.8, 4) is 0 Å². The van der Waals surface area contributed by atoms with E-state index in [9.17, 15) is 19.2 Å². The molecule has 0 spiro atoms. The Hall–Kier alpha value is -2.16. The predicted octanol–water partition coefficient (Wildman–Crippen LogP) is 1.17. The first-order chi connectivity index (χ1) is 11.9. The molecule has 3 amide bonds. The lowest BCUT2D eigenvalue weighted by Gasteiger charge is -2.29. The van der Waals surface area contributed by atoms with Gasteiger partial charge in [0.05, 0.1) is 0 Å². The first-order valence-corrected chi connectivity index (χ1v) is 9.15. The minimum Gasteiger partial charge on any atom is -0.454 e. The van der Waals surface area contributed by atoms with Crippen molar-refractivity contribution in [3.63, 3.8) is 0 Å². The van der Waals surface area contributed by atoms with Crippen molar-refractivity contribution < 1.29 is 19.1 Å². The van der Waals surface area contributed by atoms with Gasteiger partial charge in [0.1, 0.15) is 6.54 Å². The van der Waals surface area contributed by atoms with Crippen LogP contribution in [-0.4, -0.2) is 35.1 Å². The third-order valence-electron chi connectivity index (χ3n) is 4.31. The first-order valence-electron chi connectivity index (χ1n) is 8.27. The van der Waals surface area contributed by atoms with Crippen molar-refractivity contribution in [1.82, 2.24) is 15.2 Å². The summed E-state index contributed by atoms with van der Waals surface area (Å²) in [5, 5.41) is 6.57. The normalized spacial score (nSPS) is 19.9. The first kappa shape index (κ1) is 19.2. The van der Waals surface area contributed by atoms with Gasteiger partial charge in [0, 0.05) is 17.1 Å². The summed E-state index contributed by atoms with van der Waals surface area (Å²) < 4.78 is 6.08. The Bertz CT molecular complexity index is 696. The second kappa shape index (κ2) is 8.80. The molecular weight excluding hydrogens is 346 g/mol. The summed E-state index contributed by atoms with van der Waals surface area (Å²) in [6.45, 7) is 2.95. The van der Waals surface area contributed by atoms with Crippen LogP contribution in [0.15, 0.2) is 10.2 Å². The molecule has 1 aliphatic carbocycles. The van der Waals surface area contributed by atoms with Gasteiger partial charge in [0.2, 0.25) is 0 Å². The smallest absolute Gasteiger partial charge is 0.326 e. The highest BCUT2D eigenvalue weighted by Gasteiger charge is 2.23. The van der Waals surface area contributed by atoms with Crippen molar-refractivity contribution in [2.45, 2.75) is 52.1 Å². The highest BCUT2D eigenvalue weighted by molar-refractivity contribution is 7.07. The molecule has 2 rings (SSSR count). The van der Waals surface area contributed by atoms with E-state index in [-0.39, 0.29) is 17.5 Å². The summed E-state index contributed by atoms with van der Waals surface area (Å²) in [5.74, 6) is -1.04. The summed E-state index contributed by atoms with van der Waals surface area (Å²) in [4.78, 5) is 46.5. The molecule has 25 heavy (non-hydrogen) atoms. The molecular formula is C16H23N3O5S. The number of ether oxygens (including phenoxy) is 1. The molecule has 1 aliphatic rings. The van der Waals surface area contributed by atoms with Crippen LogP contribution in [0, 0.1) is 12.8 Å². The number of urea groups is 1. The lowest BCUT2D eigenvalue weighted by atomic mass is 9.86. The zero-order valence-electron chi connectivity index (χ0n) is 14.4. The zero-order valence-corrected chi connectivity index (χ0v) is 15.2. The SMILES string of the molecule is Cc1csc(=O)n1CC(=O)OCC(=O)NC(=O)N[C@@H]1CCCC[C@@H]1C. The highest BCUT2D eigenvalue weighted by atomic mass is 32.1. The third-order valence-corrected chi connectivity index (χ3v) is 5.19. The second-order valence-corrected chi connectivity index (χ2v) is 7.10. The zero-order chi connectivity index (χ0) is 18.4. The number of hydrogen-bond acceptors (Lipinski definition) is 6. The fraction of sp³-hybridized carbons (Fsp3) is 0.625. The maximum atomic E-state index is 11.8. The number of amides is 3. The van der Waals surface area contributed by atoms with E-state index in [2.05, 4.69) is 17.6 Å². The largest absolute Gasteiger partial charge is 0.454 e. The molecule has 2 atom stereocenters. The van der Waals surface area contributed by atoms with E-state index < -0.39 is 24.5 Å². The lowest BCUT2D eigenvalue weighted by molar-refractivity contribution is -0.148. The Kier molecular flexibility index (Phi) is 6.74. The number of nitrogens with zero attached hydrogens (tertiary/aromatic N) is 1.